The second-order valence-corrected chi connectivity index (χ2v) is 6.33. The predicted molar refractivity (Wildman–Crippen MR) is 122 cm³/mol. The normalized spacial score (nSPS) is 13.3. The number of aliphatic imine (C=N–C) groups is 1. The van der Waals surface area contributed by atoms with E-state index in [-0.39, 0.29) is 35.8 Å². The molecule has 2 aromatic rings. The largest absolute Gasteiger partial charge is 0.504 e. The Morgan fingerprint density at radius 3 is 2.44 bits per heavy atom. The van der Waals surface area contributed by atoms with Crippen LogP contribution in [0.3, 0.4) is 0 Å². The van der Waals surface area contributed by atoms with Crippen LogP contribution in [0.1, 0.15) is 37.8 Å². The highest BCUT2D eigenvalue weighted by molar-refractivity contribution is 14.0. The third-order valence-electron chi connectivity index (χ3n) is 4.45. The number of aromatic hydroxyl groups is 1. The molecule has 2 aromatic carbocycles. The van der Waals surface area contributed by atoms with Gasteiger partial charge in [-0.1, -0.05) is 43.3 Å². The van der Waals surface area contributed by atoms with Gasteiger partial charge < -0.3 is 20.5 Å². The molecule has 6 heteroatoms. The maximum atomic E-state index is 9.90. The number of nitrogens with zero attached hydrogens (tertiary/aromatic N) is 1. The summed E-state index contributed by atoms with van der Waals surface area (Å²) in [6.07, 6.45) is 0. The van der Waals surface area contributed by atoms with Crippen LogP contribution in [-0.4, -0.2) is 30.8 Å². The Morgan fingerprint density at radius 1 is 1.15 bits per heavy atom. The molecule has 2 atom stereocenters. The van der Waals surface area contributed by atoms with E-state index in [0.29, 0.717) is 18.2 Å². The number of nitrogens with one attached hydrogen (secondary N) is 2. The van der Waals surface area contributed by atoms with Gasteiger partial charge in [0.25, 0.3) is 0 Å². The minimum absolute atomic E-state index is 0. The van der Waals surface area contributed by atoms with Gasteiger partial charge >= 0.3 is 0 Å². The van der Waals surface area contributed by atoms with E-state index in [1.807, 2.05) is 19.1 Å². The SMILES string of the molecule is CCNC(=NCc1ccc(OC)c(O)c1)NC(C)C(C)c1ccccc1.I. The topological polar surface area (TPSA) is 65.9 Å². The molecular formula is C21H30IN3O2. The molecule has 2 unspecified atom stereocenters. The molecule has 0 aliphatic carbocycles. The quantitative estimate of drug-likeness (QED) is 0.313. The molecule has 3 N–H and O–H groups in total. The predicted octanol–water partition coefficient (Wildman–Crippen LogP) is 4.27. The number of phenolic OH excluding ortho intramolecular Hbond substituents is 1. The van der Waals surface area contributed by atoms with Crippen molar-refractivity contribution in [2.24, 2.45) is 4.99 Å². The Hall–Kier alpha value is -1.96. The standard InChI is InChI=1S/C21H29N3O2.HI/c1-5-22-21(23-14-17-11-12-20(26-4)19(25)13-17)24-16(3)15(2)18-9-7-6-8-10-18;/h6-13,15-16,25H,5,14H2,1-4H3,(H2,22,23,24);1H. The van der Waals surface area contributed by atoms with Crippen LogP contribution in [0.25, 0.3) is 0 Å². The van der Waals surface area contributed by atoms with Crippen molar-refractivity contribution in [1.82, 2.24) is 10.6 Å². The van der Waals surface area contributed by atoms with Gasteiger partial charge in [-0.25, -0.2) is 4.99 Å². The van der Waals surface area contributed by atoms with Gasteiger partial charge in [-0.05, 0) is 37.1 Å². The molecule has 0 aliphatic rings. The average molecular weight is 483 g/mol. The van der Waals surface area contributed by atoms with Gasteiger partial charge in [0.1, 0.15) is 0 Å². The first-order valence-electron chi connectivity index (χ1n) is 9.00. The summed E-state index contributed by atoms with van der Waals surface area (Å²) in [5, 5.41) is 16.7. The molecule has 5 nitrogen and oxygen atoms in total. The highest BCUT2D eigenvalue weighted by atomic mass is 127. The first kappa shape index (κ1) is 23.1. The monoisotopic (exact) mass is 483 g/mol. The highest BCUT2D eigenvalue weighted by Crippen LogP contribution is 2.26. The van der Waals surface area contributed by atoms with Crippen LogP contribution < -0.4 is 15.4 Å². The van der Waals surface area contributed by atoms with Crippen molar-refractivity contribution < 1.29 is 9.84 Å². The maximum absolute atomic E-state index is 9.90. The van der Waals surface area contributed by atoms with Crippen LogP contribution in [0, 0.1) is 0 Å². The fourth-order valence-corrected chi connectivity index (χ4v) is 2.71. The van der Waals surface area contributed by atoms with Gasteiger partial charge in [0.2, 0.25) is 0 Å². The number of rotatable bonds is 7. The molecule has 0 fully saturated rings. The zero-order chi connectivity index (χ0) is 18.9. The Morgan fingerprint density at radius 2 is 1.85 bits per heavy atom. The number of hydrogen-bond donors (Lipinski definition) is 3. The Bertz CT molecular complexity index is 723. The Balaban J connectivity index is 0.00000364. The summed E-state index contributed by atoms with van der Waals surface area (Å²) in [5.41, 5.74) is 2.22. The van der Waals surface area contributed by atoms with Crippen LogP contribution in [0.5, 0.6) is 11.5 Å². The van der Waals surface area contributed by atoms with E-state index in [2.05, 4.69) is 53.7 Å². The molecule has 0 aromatic heterocycles. The van der Waals surface area contributed by atoms with E-state index >= 15 is 0 Å². The van der Waals surface area contributed by atoms with Gasteiger partial charge in [-0.15, -0.1) is 24.0 Å². The summed E-state index contributed by atoms with van der Waals surface area (Å²) in [6.45, 7) is 7.66. The highest BCUT2D eigenvalue weighted by Gasteiger charge is 2.15. The second kappa shape index (κ2) is 11.7. The lowest BCUT2D eigenvalue weighted by Crippen LogP contribution is -2.44. The van der Waals surface area contributed by atoms with Crippen LogP contribution in [0.4, 0.5) is 0 Å². The van der Waals surface area contributed by atoms with Crippen molar-refractivity contribution in [1.29, 1.82) is 0 Å². The van der Waals surface area contributed by atoms with Crippen LogP contribution >= 0.6 is 24.0 Å². The average Bonchev–Trinajstić information content (AvgIpc) is 2.66. The summed E-state index contributed by atoms with van der Waals surface area (Å²) in [7, 11) is 1.54. The van der Waals surface area contributed by atoms with Crippen LogP contribution in [0.15, 0.2) is 53.5 Å². The van der Waals surface area contributed by atoms with Crippen molar-refractivity contribution in [3.8, 4) is 11.5 Å². The third kappa shape index (κ3) is 6.93. The zero-order valence-electron chi connectivity index (χ0n) is 16.4. The minimum atomic E-state index is 0. The lowest BCUT2D eigenvalue weighted by atomic mass is 9.94. The van der Waals surface area contributed by atoms with E-state index in [4.69, 9.17) is 4.74 Å². The number of halogens is 1. The van der Waals surface area contributed by atoms with Crippen LogP contribution in [0.2, 0.25) is 0 Å². The fraction of sp³-hybridized carbons (Fsp3) is 0.381. The molecule has 0 saturated heterocycles. The van der Waals surface area contributed by atoms with Crippen molar-refractivity contribution in [3.63, 3.8) is 0 Å². The molecule has 148 valence electrons. The van der Waals surface area contributed by atoms with Gasteiger partial charge in [-0.3, -0.25) is 0 Å². The lowest BCUT2D eigenvalue weighted by Gasteiger charge is -2.24. The molecular weight excluding hydrogens is 453 g/mol. The smallest absolute Gasteiger partial charge is 0.191 e. The molecule has 0 radical (unpaired) electrons. The summed E-state index contributed by atoms with van der Waals surface area (Å²) in [4.78, 5) is 4.64. The molecule has 27 heavy (non-hydrogen) atoms. The third-order valence-corrected chi connectivity index (χ3v) is 4.45. The number of ether oxygens (including phenoxy) is 1. The molecule has 0 heterocycles. The van der Waals surface area contributed by atoms with Gasteiger partial charge in [0.05, 0.1) is 13.7 Å². The van der Waals surface area contributed by atoms with Crippen molar-refractivity contribution in [3.05, 3.63) is 59.7 Å². The first-order valence-corrected chi connectivity index (χ1v) is 9.00. The van der Waals surface area contributed by atoms with Gasteiger partial charge in [0, 0.05) is 18.5 Å². The summed E-state index contributed by atoms with van der Waals surface area (Å²) >= 11 is 0. The maximum Gasteiger partial charge on any atom is 0.191 e. The van der Waals surface area contributed by atoms with E-state index < -0.39 is 0 Å². The van der Waals surface area contributed by atoms with Gasteiger partial charge in [0.15, 0.2) is 17.5 Å². The number of hydrogen-bond acceptors (Lipinski definition) is 3. The Kier molecular flexibility index (Phi) is 9.99. The second-order valence-electron chi connectivity index (χ2n) is 6.33. The summed E-state index contributed by atoms with van der Waals surface area (Å²) in [6, 6.07) is 16.0. The number of guanidine groups is 1. The molecule has 0 spiro atoms. The summed E-state index contributed by atoms with van der Waals surface area (Å²) < 4.78 is 5.07. The molecule has 0 aliphatic heterocycles. The zero-order valence-corrected chi connectivity index (χ0v) is 18.7. The van der Waals surface area contributed by atoms with Crippen molar-refractivity contribution >= 4 is 29.9 Å². The van der Waals surface area contributed by atoms with E-state index in [0.717, 1.165) is 18.1 Å². The molecule has 0 amide bonds. The van der Waals surface area contributed by atoms with Gasteiger partial charge in [-0.2, -0.15) is 0 Å². The molecule has 0 bridgehead atoms. The van der Waals surface area contributed by atoms with E-state index in [9.17, 15) is 5.11 Å². The van der Waals surface area contributed by atoms with E-state index in [1.54, 1.807) is 12.1 Å². The van der Waals surface area contributed by atoms with Crippen molar-refractivity contribution in [2.45, 2.75) is 39.3 Å². The number of methoxy groups -OCH3 is 1. The first-order chi connectivity index (χ1) is 12.5. The lowest BCUT2D eigenvalue weighted by molar-refractivity contribution is 0.373. The fourth-order valence-electron chi connectivity index (χ4n) is 2.71. The van der Waals surface area contributed by atoms with Crippen LogP contribution in [-0.2, 0) is 6.54 Å². The Labute approximate surface area is 179 Å². The molecule has 0 saturated carbocycles. The minimum Gasteiger partial charge on any atom is -0.504 e. The number of benzene rings is 2. The van der Waals surface area contributed by atoms with E-state index in [1.165, 1.54) is 12.7 Å². The molecule has 2 rings (SSSR count). The summed E-state index contributed by atoms with van der Waals surface area (Å²) in [5.74, 6) is 1.71. The number of phenols is 1. The van der Waals surface area contributed by atoms with Crippen molar-refractivity contribution in [2.75, 3.05) is 13.7 Å².